The normalized spacial score (nSPS) is 12.8. The molecule has 0 aliphatic rings. The second kappa shape index (κ2) is 10.0. The predicted molar refractivity (Wildman–Crippen MR) is 118 cm³/mol. The number of rotatable bonds is 10. The van der Waals surface area contributed by atoms with Gasteiger partial charge in [0.25, 0.3) is 5.91 Å². The van der Waals surface area contributed by atoms with E-state index in [9.17, 15) is 9.18 Å². The zero-order valence-corrected chi connectivity index (χ0v) is 18.0. The first-order valence-corrected chi connectivity index (χ1v) is 10.0. The Kier molecular flexibility index (Phi) is 7.15. The van der Waals surface area contributed by atoms with Crippen molar-refractivity contribution in [1.29, 1.82) is 0 Å². The molecule has 0 radical (unpaired) electrons. The number of nitrogens with one attached hydrogen (secondary N) is 2. The average molecular weight is 443 g/mol. The van der Waals surface area contributed by atoms with Crippen LogP contribution < -0.4 is 26.8 Å². The largest absolute Gasteiger partial charge is 0.479 e. The third-order valence-electron chi connectivity index (χ3n) is 4.76. The van der Waals surface area contributed by atoms with Crippen LogP contribution >= 0.6 is 0 Å². The van der Waals surface area contributed by atoms with E-state index in [0.717, 1.165) is 18.9 Å². The van der Waals surface area contributed by atoms with E-state index in [2.05, 4.69) is 30.9 Å². The fourth-order valence-electron chi connectivity index (χ4n) is 3.13. The van der Waals surface area contributed by atoms with Crippen LogP contribution in [0.25, 0.3) is 5.69 Å². The van der Waals surface area contributed by atoms with Gasteiger partial charge in [-0.05, 0) is 25.5 Å². The molecule has 3 aromatic rings. The lowest BCUT2D eigenvalue weighted by Gasteiger charge is -2.23. The number of carbonyl (C=O) groups is 1. The molecule has 11 nitrogen and oxygen atoms in total. The molecule has 170 valence electrons. The van der Waals surface area contributed by atoms with Gasteiger partial charge in [-0.1, -0.05) is 18.6 Å². The summed E-state index contributed by atoms with van der Waals surface area (Å²) in [6.45, 7) is 3.84. The van der Waals surface area contributed by atoms with Crippen LogP contribution in [-0.4, -0.2) is 50.1 Å². The quantitative estimate of drug-likeness (QED) is 0.367. The highest BCUT2D eigenvalue weighted by atomic mass is 19.1. The number of hydrogen-bond donors (Lipinski definition) is 4. The number of aromatic nitrogens is 5. The molecule has 0 saturated carbocycles. The zero-order chi connectivity index (χ0) is 23.3. The van der Waals surface area contributed by atoms with Crippen molar-refractivity contribution < 1.29 is 13.9 Å². The summed E-state index contributed by atoms with van der Waals surface area (Å²) in [7, 11) is 1.48. The number of hydrogen-bond acceptors (Lipinski definition) is 9. The number of pyridine rings is 2. The molecule has 0 aromatic carbocycles. The monoisotopic (exact) mass is 443 g/mol. The highest BCUT2D eigenvalue weighted by molar-refractivity contribution is 5.98. The number of methoxy groups -OCH3 is 1. The van der Waals surface area contributed by atoms with Gasteiger partial charge < -0.3 is 26.8 Å². The minimum absolute atomic E-state index is 0.0359. The van der Waals surface area contributed by atoms with Crippen molar-refractivity contribution >= 4 is 23.2 Å². The topological polar surface area (TPSA) is 159 Å². The lowest BCUT2D eigenvalue weighted by atomic mass is 10.1. The molecular formula is C20H26FN9O2. The summed E-state index contributed by atoms with van der Waals surface area (Å²) in [5.41, 5.74) is 12.3. The van der Waals surface area contributed by atoms with Crippen molar-refractivity contribution in [3.05, 3.63) is 42.1 Å². The summed E-state index contributed by atoms with van der Waals surface area (Å²) in [5.74, 6) is -1.20. The maximum absolute atomic E-state index is 14.7. The van der Waals surface area contributed by atoms with Gasteiger partial charge in [0.05, 0.1) is 37.0 Å². The molecule has 3 rings (SSSR count). The van der Waals surface area contributed by atoms with Crippen molar-refractivity contribution in [3.63, 3.8) is 0 Å². The van der Waals surface area contributed by atoms with Gasteiger partial charge in [-0.2, -0.15) is 0 Å². The summed E-state index contributed by atoms with van der Waals surface area (Å²) >= 11 is 0. The van der Waals surface area contributed by atoms with E-state index in [4.69, 9.17) is 16.2 Å². The van der Waals surface area contributed by atoms with Gasteiger partial charge in [0.15, 0.2) is 11.6 Å². The smallest absolute Gasteiger partial charge is 0.252 e. The maximum Gasteiger partial charge on any atom is 0.252 e. The Balaban J connectivity index is 1.99. The van der Waals surface area contributed by atoms with Gasteiger partial charge in [-0.3, -0.25) is 4.79 Å². The van der Waals surface area contributed by atoms with Crippen LogP contribution in [0.15, 0.2) is 30.7 Å². The Morgan fingerprint density at radius 3 is 2.72 bits per heavy atom. The number of carbonyl (C=O) groups excluding carboxylic acids is 1. The number of nitrogens with two attached hydrogens (primary N) is 2. The zero-order valence-electron chi connectivity index (χ0n) is 18.0. The van der Waals surface area contributed by atoms with Gasteiger partial charge >= 0.3 is 0 Å². The van der Waals surface area contributed by atoms with Crippen molar-refractivity contribution in [3.8, 4) is 11.6 Å². The molecule has 0 spiro atoms. The third kappa shape index (κ3) is 5.09. The number of nitrogens with zero attached hydrogens (tertiary/aromatic N) is 5. The predicted octanol–water partition coefficient (Wildman–Crippen LogP) is 1.98. The first-order valence-electron chi connectivity index (χ1n) is 10.0. The molecule has 0 aliphatic carbocycles. The van der Waals surface area contributed by atoms with E-state index >= 15 is 0 Å². The molecule has 3 heterocycles. The van der Waals surface area contributed by atoms with E-state index in [-0.39, 0.29) is 29.3 Å². The molecule has 0 fully saturated rings. The molecule has 6 N–H and O–H groups in total. The second-order valence-corrected chi connectivity index (χ2v) is 7.20. The molecule has 0 bridgehead atoms. The second-order valence-electron chi connectivity index (χ2n) is 7.20. The van der Waals surface area contributed by atoms with E-state index in [1.54, 1.807) is 12.3 Å². The minimum atomic E-state index is -0.833. The Labute approximate surface area is 184 Å². The van der Waals surface area contributed by atoms with E-state index < -0.39 is 11.7 Å². The Bertz CT molecular complexity index is 1070. The highest BCUT2D eigenvalue weighted by Gasteiger charge is 2.20. The van der Waals surface area contributed by atoms with Crippen LogP contribution in [0.2, 0.25) is 0 Å². The summed E-state index contributed by atoms with van der Waals surface area (Å²) in [4.78, 5) is 20.5. The summed E-state index contributed by atoms with van der Waals surface area (Å²) in [5, 5.41) is 13.7. The van der Waals surface area contributed by atoms with E-state index in [1.807, 2.05) is 13.8 Å². The van der Waals surface area contributed by atoms with Crippen LogP contribution in [0, 0.1) is 5.82 Å². The van der Waals surface area contributed by atoms with Gasteiger partial charge in [0.1, 0.15) is 11.5 Å². The number of halogens is 1. The Morgan fingerprint density at radius 1 is 1.34 bits per heavy atom. The molecule has 3 aromatic heterocycles. The molecule has 0 saturated heterocycles. The molecular weight excluding hydrogens is 417 g/mol. The maximum atomic E-state index is 14.7. The average Bonchev–Trinajstić information content (AvgIpc) is 3.29. The van der Waals surface area contributed by atoms with Crippen LogP contribution in [0.4, 0.5) is 21.7 Å². The summed E-state index contributed by atoms with van der Waals surface area (Å²) in [6, 6.07) is 2.28. The van der Waals surface area contributed by atoms with Crippen molar-refractivity contribution in [2.24, 2.45) is 11.5 Å². The Hall–Kier alpha value is -3.80. The first kappa shape index (κ1) is 22.9. The molecule has 2 atom stereocenters. The molecule has 12 heteroatoms. The molecule has 1 amide bonds. The lowest BCUT2D eigenvalue weighted by Crippen LogP contribution is -2.38. The standard InChI is InChI=1S/C20H26FN9O2/c1-4-5-15(11(2)22)27-19-14(21)9-13(17(23)31)18(28-19)26-12-8-16(20(32-3)24-10-12)30-7-6-25-29-30/h6-11,15H,4-5,22H2,1-3H3,(H2,23,31)(H2,26,27,28)/t11-,15+/m0/s1. The first-order chi connectivity index (χ1) is 15.3. The Morgan fingerprint density at radius 2 is 2.12 bits per heavy atom. The highest BCUT2D eigenvalue weighted by Crippen LogP contribution is 2.28. The van der Waals surface area contributed by atoms with Crippen LogP contribution in [0.5, 0.6) is 5.88 Å². The van der Waals surface area contributed by atoms with Gasteiger partial charge in [0, 0.05) is 12.1 Å². The summed E-state index contributed by atoms with van der Waals surface area (Å²) in [6.07, 6.45) is 6.19. The van der Waals surface area contributed by atoms with E-state index in [1.165, 1.54) is 24.2 Å². The SMILES string of the molecule is CCC[C@@H](Nc1nc(Nc2cnc(OC)c(-n3ccnn3)c2)c(C(N)=O)cc1F)[C@H](C)N. The molecule has 32 heavy (non-hydrogen) atoms. The van der Waals surface area contributed by atoms with Crippen molar-refractivity contribution in [1.82, 2.24) is 25.0 Å². The van der Waals surface area contributed by atoms with Crippen LogP contribution in [0.1, 0.15) is 37.0 Å². The molecule has 0 aliphatic heterocycles. The van der Waals surface area contributed by atoms with Crippen LogP contribution in [-0.2, 0) is 0 Å². The van der Waals surface area contributed by atoms with Crippen molar-refractivity contribution in [2.45, 2.75) is 38.8 Å². The minimum Gasteiger partial charge on any atom is -0.479 e. The number of amides is 1. The third-order valence-corrected chi connectivity index (χ3v) is 4.76. The number of anilines is 3. The van der Waals surface area contributed by atoms with Gasteiger partial charge in [-0.15, -0.1) is 5.10 Å². The van der Waals surface area contributed by atoms with Gasteiger partial charge in [0.2, 0.25) is 5.88 Å². The van der Waals surface area contributed by atoms with Gasteiger partial charge in [-0.25, -0.2) is 19.0 Å². The van der Waals surface area contributed by atoms with E-state index in [0.29, 0.717) is 17.3 Å². The molecule has 0 unspecified atom stereocenters. The fourth-order valence-corrected chi connectivity index (χ4v) is 3.13. The van der Waals surface area contributed by atoms with Crippen LogP contribution in [0.3, 0.4) is 0 Å². The lowest BCUT2D eigenvalue weighted by molar-refractivity contribution is 0.100. The fraction of sp³-hybridized carbons (Fsp3) is 0.350. The summed E-state index contributed by atoms with van der Waals surface area (Å²) < 4.78 is 21.4. The number of primary amides is 1. The number of ether oxygens (including phenoxy) is 1. The van der Waals surface area contributed by atoms with Crippen molar-refractivity contribution in [2.75, 3.05) is 17.7 Å².